The molecule has 0 spiro atoms. The monoisotopic (exact) mass is 409 g/mol. The van der Waals surface area contributed by atoms with Gasteiger partial charge in [0.1, 0.15) is 11.9 Å². The molecular weight excluding hydrogens is 370 g/mol. The van der Waals surface area contributed by atoms with Crippen molar-refractivity contribution in [2.75, 3.05) is 7.05 Å². The number of piperidine rings is 1. The quantitative estimate of drug-likeness (QED) is 0.613. The predicted molar refractivity (Wildman–Crippen MR) is 120 cm³/mol. The molecule has 1 aliphatic heterocycles. The Labute approximate surface area is 182 Å². The number of nitrogens with zero attached hydrogens (tertiary/aromatic N) is 1. The summed E-state index contributed by atoms with van der Waals surface area (Å²) in [5.74, 6) is 3.95. The van der Waals surface area contributed by atoms with Gasteiger partial charge < -0.3 is 9.64 Å². The fourth-order valence-electron chi connectivity index (χ4n) is 8.44. The summed E-state index contributed by atoms with van der Waals surface area (Å²) in [5, 5.41) is 0. The average molecular weight is 410 g/mol. The molecule has 3 nitrogen and oxygen atoms in total. The van der Waals surface area contributed by atoms with E-state index in [9.17, 15) is 4.79 Å². The van der Waals surface area contributed by atoms with Crippen LogP contribution in [0.1, 0.15) is 71.3 Å². The van der Waals surface area contributed by atoms with Gasteiger partial charge in [0.2, 0.25) is 5.91 Å². The van der Waals surface area contributed by atoms with E-state index in [0.717, 1.165) is 18.1 Å². The maximum atomic E-state index is 12.8. The molecule has 1 aromatic carbocycles. The highest BCUT2D eigenvalue weighted by atomic mass is 16.5. The molecule has 3 saturated carbocycles. The number of likely N-dealkylation sites (N-methyl/N-ethyl adjacent to an activating group) is 1. The number of carbonyl (C=O) groups is 1. The molecule has 1 heterocycles. The van der Waals surface area contributed by atoms with Gasteiger partial charge in [-0.25, -0.2) is 0 Å². The summed E-state index contributed by atoms with van der Waals surface area (Å²) in [4.78, 5) is 14.9. The number of benzene rings is 1. The molecule has 30 heavy (non-hydrogen) atoms. The standard InChI is InChI=1S/C27H39NO2/c1-17-8-10-19(11-9-17)30-24-18(2)23-20-7-6-14-26(20,3)15-12-21(23)27(4)16-13-22(29)28(5)25(24)27/h8-11,18,20-21,23-25H,6-7,12-16H2,1-5H3/t18?,20-,21+,23-,24?,25?,26-,27+/m0/s1. The first-order chi connectivity index (χ1) is 14.2. The van der Waals surface area contributed by atoms with Crippen molar-refractivity contribution in [3.8, 4) is 5.75 Å². The molecule has 0 radical (unpaired) electrons. The van der Waals surface area contributed by atoms with Gasteiger partial charge in [0, 0.05) is 13.5 Å². The van der Waals surface area contributed by atoms with Crippen LogP contribution in [0.4, 0.5) is 0 Å². The number of likely N-dealkylation sites (tertiary alicyclic amines) is 1. The average Bonchev–Trinajstić information content (AvgIpc) is 3.11. The lowest BCUT2D eigenvalue weighted by atomic mass is 9.44. The number of aryl methyl sites for hydroxylation is 1. The Bertz CT molecular complexity index is 819. The van der Waals surface area contributed by atoms with Gasteiger partial charge in [-0.2, -0.15) is 0 Å². The van der Waals surface area contributed by atoms with Crippen molar-refractivity contribution in [1.82, 2.24) is 4.90 Å². The number of hydrogen-bond donors (Lipinski definition) is 0. The first-order valence-corrected chi connectivity index (χ1v) is 12.2. The third kappa shape index (κ3) is 2.87. The smallest absolute Gasteiger partial charge is 0.222 e. The normalized spacial score (nSPS) is 45.5. The summed E-state index contributed by atoms with van der Waals surface area (Å²) < 4.78 is 6.81. The molecular formula is C27H39NO2. The van der Waals surface area contributed by atoms with E-state index >= 15 is 0 Å². The summed E-state index contributed by atoms with van der Waals surface area (Å²) in [6, 6.07) is 8.65. The first-order valence-electron chi connectivity index (χ1n) is 12.2. The zero-order valence-electron chi connectivity index (χ0n) is 19.5. The lowest BCUT2D eigenvalue weighted by Gasteiger charge is -2.65. The van der Waals surface area contributed by atoms with E-state index in [-0.39, 0.29) is 17.6 Å². The molecule has 164 valence electrons. The topological polar surface area (TPSA) is 29.5 Å². The molecule has 3 heteroatoms. The minimum absolute atomic E-state index is 0.0659. The van der Waals surface area contributed by atoms with E-state index in [1.807, 2.05) is 7.05 Å². The number of hydrogen-bond acceptors (Lipinski definition) is 2. The molecule has 1 saturated heterocycles. The van der Waals surface area contributed by atoms with Crippen LogP contribution in [-0.4, -0.2) is 30.0 Å². The number of amides is 1. The molecule has 8 atom stereocenters. The Morgan fingerprint density at radius 1 is 1.03 bits per heavy atom. The number of carbonyl (C=O) groups excluding carboxylic acids is 1. The second-order valence-electron chi connectivity index (χ2n) is 11.6. The Morgan fingerprint density at radius 3 is 2.50 bits per heavy atom. The van der Waals surface area contributed by atoms with E-state index in [4.69, 9.17) is 4.74 Å². The lowest BCUT2D eigenvalue weighted by molar-refractivity contribution is -0.191. The van der Waals surface area contributed by atoms with E-state index in [2.05, 4.69) is 56.9 Å². The SMILES string of the molecule is Cc1ccc(OC2C(C)[C@@H]3[C@@H](CC[C@]4(C)CCC[C@@H]34)[C@@]3(C)CCC(=O)N(C)C23)cc1. The van der Waals surface area contributed by atoms with Crippen LogP contribution in [-0.2, 0) is 4.79 Å². The van der Waals surface area contributed by atoms with Gasteiger partial charge in [-0.05, 0) is 85.7 Å². The van der Waals surface area contributed by atoms with Crippen LogP contribution in [0.2, 0.25) is 0 Å². The van der Waals surface area contributed by atoms with Crippen LogP contribution >= 0.6 is 0 Å². The van der Waals surface area contributed by atoms with Gasteiger partial charge in [0.25, 0.3) is 0 Å². The van der Waals surface area contributed by atoms with E-state index in [1.54, 1.807) is 0 Å². The summed E-state index contributed by atoms with van der Waals surface area (Å²) >= 11 is 0. The largest absolute Gasteiger partial charge is 0.488 e. The highest BCUT2D eigenvalue weighted by Gasteiger charge is 2.64. The van der Waals surface area contributed by atoms with Crippen molar-refractivity contribution in [2.45, 2.75) is 84.8 Å². The van der Waals surface area contributed by atoms with Crippen LogP contribution in [0.25, 0.3) is 0 Å². The molecule has 4 aliphatic rings. The molecule has 5 rings (SSSR count). The molecule has 4 fully saturated rings. The summed E-state index contributed by atoms with van der Waals surface area (Å²) in [5.41, 5.74) is 1.92. The predicted octanol–water partition coefficient (Wildman–Crippen LogP) is 5.85. The second-order valence-corrected chi connectivity index (χ2v) is 11.6. The number of fused-ring (bicyclic) bond motifs is 5. The van der Waals surface area contributed by atoms with Crippen molar-refractivity contribution in [3.63, 3.8) is 0 Å². The van der Waals surface area contributed by atoms with Crippen molar-refractivity contribution in [2.24, 2.45) is 34.5 Å². The van der Waals surface area contributed by atoms with Gasteiger partial charge in [-0.15, -0.1) is 0 Å². The van der Waals surface area contributed by atoms with E-state index in [0.29, 0.717) is 35.5 Å². The number of rotatable bonds is 2. The van der Waals surface area contributed by atoms with Crippen molar-refractivity contribution >= 4 is 5.91 Å². The van der Waals surface area contributed by atoms with Crippen molar-refractivity contribution in [1.29, 1.82) is 0 Å². The maximum absolute atomic E-state index is 12.8. The van der Waals surface area contributed by atoms with Crippen LogP contribution in [0, 0.1) is 41.4 Å². The highest BCUT2D eigenvalue weighted by molar-refractivity contribution is 5.77. The zero-order chi connectivity index (χ0) is 21.3. The fourth-order valence-corrected chi connectivity index (χ4v) is 8.44. The summed E-state index contributed by atoms with van der Waals surface area (Å²) in [6.07, 6.45) is 8.65. The maximum Gasteiger partial charge on any atom is 0.222 e. The molecule has 3 aliphatic carbocycles. The third-order valence-corrected chi connectivity index (χ3v) is 10.1. The van der Waals surface area contributed by atoms with E-state index < -0.39 is 0 Å². The Kier molecular flexibility index (Phi) is 4.76. The minimum atomic E-state index is 0.0659. The third-order valence-electron chi connectivity index (χ3n) is 10.1. The zero-order valence-corrected chi connectivity index (χ0v) is 19.5. The van der Waals surface area contributed by atoms with Crippen LogP contribution in [0.15, 0.2) is 24.3 Å². The van der Waals surface area contributed by atoms with E-state index in [1.165, 1.54) is 37.7 Å². The van der Waals surface area contributed by atoms with Gasteiger partial charge in [0.15, 0.2) is 0 Å². The Hall–Kier alpha value is -1.51. The summed E-state index contributed by atoms with van der Waals surface area (Å²) in [7, 11) is 2.03. The lowest BCUT2D eigenvalue weighted by Crippen LogP contribution is -2.69. The Balaban J connectivity index is 1.57. The number of ether oxygens (including phenoxy) is 1. The van der Waals surface area contributed by atoms with Crippen LogP contribution in [0.3, 0.4) is 0 Å². The highest BCUT2D eigenvalue weighted by Crippen LogP contribution is 2.66. The van der Waals surface area contributed by atoms with Crippen LogP contribution < -0.4 is 4.74 Å². The van der Waals surface area contributed by atoms with Crippen LogP contribution in [0.5, 0.6) is 5.75 Å². The Morgan fingerprint density at radius 2 is 1.77 bits per heavy atom. The van der Waals surface area contributed by atoms with Gasteiger partial charge in [-0.3, -0.25) is 4.79 Å². The van der Waals surface area contributed by atoms with Gasteiger partial charge >= 0.3 is 0 Å². The van der Waals surface area contributed by atoms with Gasteiger partial charge in [0.05, 0.1) is 6.04 Å². The van der Waals surface area contributed by atoms with Crippen molar-refractivity contribution < 1.29 is 9.53 Å². The summed E-state index contributed by atoms with van der Waals surface area (Å²) in [6.45, 7) is 9.61. The van der Waals surface area contributed by atoms with Crippen molar-refractivity contribution in [3.05, 3.63) is 29.8 Å². The molecule has 3 unspecified atom stereocenters. The second kappa shape index (κ2) is 7.00. The first kappa shape index (κ1) is 20.4. The van der Waals surface area contributed by atoms with Gasteiger partial charge in [-0.1, -0.05) is 44.9 Å². The molecule has 1 aromatic rings. The fraction of sp³-hybridized carbons (Fsp3) is 0.741. The molecule has 0 N–H and O–H groups in total. The molecule has 1 amide bonds. The minimum Gasteiger partial charge on any atom is -0.488 e. The molecule has 0 bridgehead atoms. The molecule has 0 aromatic heterocycles.